The van der Waals surface area contributed by atoms with Crippen LogP contribution in [-0.2, 0) is 0 Å². The van der Waals surface area contributed by atoms with Crippen molar-refractivity contribution in [2.45, 2.75) is 51.6 Å². The van der Waals surface area contributed by atoms with E-state index in [-0.39, 0.29) is 0 Å². The molecule has 0 N–H and O–H groups in total. The fourth-order valence-corrected chi connectivity index (χ4v) is 2.97. The van der Waals surface area contributed by atoms with Crippen molar-refractivity contribution in [3.63, 3.8) is 0 Å². The van der Waals surface area contributed by atoms with Crippen LogP contribution in [-0.4, -0.2) is 23.5 Å². The first-order valence-corrected chi connectivity index (χ1v) is 5.03. The summed E-state index contributed by atoms with van der Waals surface area (Å²) in [6.45, 7) is 6.18. The normalized spacial score (nSPS) is 45.8. The second kappa shape index (κ2) is 2.78. The molecule has 0 amide bonds. The molecule has 64 valence electrons. The molecule has 2 fully saturated rings. The van der Waals surface area contributed by atoms with Crippen LogP contribution in [0.2, 0.25) is 0 Å². The highest BCUT2D eigenvalue weighted by atomic mass is 15.2. The van der Waals surface area contributed by atoms with Crippen LogP contribution in [0.4, 0.5) is 0 Å². The Labute approximate surface area is 69.8 Å². The zero-order chi connectivity index (χ0) is 7.84. The Morgan fingerprint density at radius 1 is 1.18 bits per heavy atom. The second-order valence-corrected chi connectivity index (χ2v) is 4.46. The predicted molar refractivity (Wildman–Crippen MR) is 47.6 cm³/mol. The average molecular weight is 153 g/mol. The number of nitrogens with zero attached hydrogens (tertiary/aromatic N) is 1. The summed E-state index contributed by atoms with van der Waals surface area (Å²) in [6, 6.07) is 1.82. The molecule has 1 nitrogen and oxygen atoms in total. The number of fused-ring (bicyclic) bond motifs is 1. The molecule has 0 saturated carbocycles. The molecule has 0 spiro atoms. The van der Waals surface area contributed by atoms with E-state index in [1.54, 1.807) is 0 Å². The number of rotatable bonds is 0. The number of piperidine rings is 1. The third kappa shape index (κ3) is 1.31. The van der Waals surface area contributed by atoms with Crippen LogP contribution in [0.25, 0.3) is 0 Å². The van der Waals surface area contributed by atoms with Gasteiger partial charge in [-0.2, -0.15) is 0 Å². The van der Waals surface area contributed by atoms with Crippen LogP contribution in [0, 0.1) is 5.92 Å². The highest BCUT2D eigenvalue weighted by Gasteiger charge is 2.34. The SMILES string of the molecule is C[C@@H]1C[C@@H]2CCCN2[C@H](C)C1. The van der Waals surface area contributed by atoms with Crippen LogP contribution in [0.5, 0.6) is 0 Å². The topological polar surface area (TPSA) is 3.24 Å². The van der Waals surface area contributed by atoms with Crippen molar-refractivity contribution in [1.82, 2.24) is 4.90 Å². The Morgan fingerprint density at radius 2 is 2.00 bits per heavy atom. The van der Waals surface area contributed by atoms with Gasteiger partial charge in [0.25, 0.3) is 0 Å². The molecule has 0 unspecified atom stereocenters. The van der Waals surface area contributed by atoms with Gasteiger partial charge in [0.1, 0.15) is 0 Å². The maximum absolute atomic E-state index is 2.72. The molecule has 11 heavy (non-hydrogen) atoms. The molecule has 3 atom stereocenters. The van der Waals surface area contributed by atoms with Gasteiger partial charge in [0.05, 0.1) is 0 Å². The van der Waals surface area contributed by atoms with E-state index in [1.165, 1.54) is 32.2 Å². The molecule has 0 aromatic carbocycles. The zero-order valence-electron chi connectivity index (χ0n) is 7.71. The van der Waals surface area contributed by atoms with Crippen LogP contribution in [0.3, 0.4) is 0 Å². The van der Waals surface area contributed by atoms with Crippen molar-refractivity contribution in [3.05, 3.63) is 0 Å². The Kier molecular flexibility index (Phi) is 1.92. The summed E-state index contributed by atoms with van der Waals surface area (Å²) in [5.41, 5.74) is 0. The lowest BCUT2D eigenvalue weighted by molar-refractivity contribution is 0.103. The average Bonchev–Trinajstić information content (AvgIpc) is 2.34. The minimum atomic E-state index is 0.867. The summed E-state index contributed by atoms with van der Waals surface area (Å²) in [5, 5.41) is 0. The van der Waals surface area contributed by atoms with Crippen molar-refractivity contribution < 1.29 is 0 Å². The van der Waals surface area contributed by atoms with Crippen molar-refractivity contribution >= 4 is 0 Å². The molecule has 2 aliphatic rings. The smallest absolute Gasteiger partial charge is 0.0101 e. The fraction of sp³-hybridized carbons (Fsp3) is 1.00. The maximum Gasteiger partial charge on any atom is 0.0101 e. The van der Waals surface area contributed by atoms with E-state index in [2.05, 4.69) is 18.7 Å². The molecule has 0 radical (unpaired) electrons. The van der Waals surface area contributed by atoms with Crippen LogP contribution in [0.15, 0.2) is 0 Å². The van der Waals surface area contributed by atoms with Gasteiger partial charge in [0.15, 0.2) is 0 Å². The lowest BCUT2D eigenvalue weighted by Gasteiger charge is -2.38. The quantitative estimate of drug-likeness (QED) is 0.516. The van der Waals surface area contributed by atoms with Crippen LogP contribution < -0.4 is 0 Å². The van der Waals surface area contributed by atoms with Gasteiger partial charge in [-0.3, -0.25) is 4.90 Å². The van der Waals surface area contributed by atoms with Crippen molar-refractivity contribution in [3.8, 4) is 0 Å². The molecule has 0 aliphatic carbocycles. The number of hydrogen-bond donors (Lipinski definition) is 0. The molecule has 2 aliphatic heterocycles. The van der Waals surface area contributed by atoms with Crippen LogP contribution in [0.1, 0.15) is 39.5 Å². The molecule has 2 rings (SSSR count). The van der Waals surface area contributed by atoms with Gasteiger partial charge in [-0.15, -0.1) is 0 Å². The van der Waals surface area contributed by atoms with E-state index >= 15 is 0 Å². The highest BCUT2D eigenvalue weighted by Crippen LogP contribution is 2.33. The van der Waals surface area contributed by atoms with Gasteiger partial charge in [0.2, 0.25) is 0 Å². The van der Waals surface area contributed by atoms with Gasteiger partial charge in [-0.1, -0.05) is 6.92 Å². The Hall–Kier alpha value is -0.0400. The first-order valence-electron chi connectivity index (χ1n) is 5.03. The molecule has 0 aromatic rings. The minimum absolute atomic E-state index is 0.867. The predicted octanol–water partition coefficient (Wildman–Crippen LogP) is 2.27. The molecular weight excluding hydrogens is 134 g/mol. The van der Waals surface area contributed by atoms with E-state index < -0.39 is 0 Å². The van der Waals surface area contributed by atoms with Crippen LogP contribution >= 0.6 is 0 Å². The van der Waals surface area contributed by atoms with E-state index in [0.29, 0.717) is 0 Å². The first kappa shape index (κ1) is 7.60. The van der Waals surface area contributed by atoms with E-state index in [4.69, 9.17) is 0 Å². The standard InChI is InChI=1S/C10H19N/c1-8-6-9(2)11-5-3-4-10(11)7-8/h8-10H,3-7H2,1-2H3/t8-,9+,10-/m0/s1. The lowest BCUT2D eigenvalue weighted by Crippen LogP contribution is -2.43. The van der Waals surface area contributed by atoms with Gasteiger partial charge in [-0.05, 0) is 45.1 Å². The third-order valence-corrected chi connectivity index (χ3v) is 3.41. The summed E-state index contributed by atoms with van der Waals surface area (Å²) in [7, 11) is 0. The lowest BCUT2D eigenvalue weighted by atomic mass is 9.89. The highest BCUT2D eigenvalue weighted by molar-refractivity contribution is 4.89. The van der Waals surface area contributed by atoms with E-state index in [0.717, 1.165) is 18.0 Å². The monoisotopic (exact) mass is 153 g/mol. The fourth-order valence-electron chi connectivity index (χ4n) is 2.97. The van der Waals surface area contributed by atoms with E-state index in [1.807, 2.05) is 0 Å². The molecule has 2 heterocycles. The van der Waals surface area contributed by atoms with E-state index in [9.17, 15) is 0 Å². The second-order valence-electron chi connectivity index (χ2n) is 4.46. The minimum Gasteiger partial charge on any atom is -0.298 e. The molecule has 0 aromatic heterocycles. The van der Waals surface area contributed by atoms with Crippen molar-refractivity contribution in [2.75, 3.05) is 6.54 Å². The summed E-state index contributed by atoms with van der Waals surface area (Å²) < 4.78 is 0. The summed E-state index contributed by atoms with van der Waals surface area (Å²) >= 11 is 0. The molecule has 2 saturated heterocycles. The Bertz CT molecular complexity index is 144. The van der Waals surface area contributed by atoms with Gasteiger partial charge in [-0.25, -0.2) is 0 Å². The summed E-state index contributed by atoms with van der Waals surface area (Å²) in [5.74, 6) is 0.976. The van der Waals surface area contributed by atoms with Crippen molar-refractivity contribution in [2.24, 2.45) is 5.92 Å². The Balaban J connectivity index is 2.04. The van der Waals surface area contributed by atoms with Crippen molar-refractivity contribution in [1.29, 1.82) is 0 Å². The molecule has 0 bridgehead atoms. The zero-order valence-corrected chi connectivity index (χ0v) is 7.71. The van der Waals surface area contributed by atoms with Gasteiger partial charge >= 0.3 is 0 Å². The van der Waals surface area contributed by atoms with Gasteiger partial charge in [0, 0.05) is 12.1 Å². The first-order chi connectivity index (χ1) is 5.27. The van der Waals surface area contributed by atoms with Gasteiger partial charge < -0.3 is 0 Å². The molecular formula is C10H19N. The Morgan fingerprint density at radius 3 is 2.82 bits per heavy atom. The number of hydrogen-bond acceptors (Lipinski definition) is 1. The summed E-state index contributed by atoms with van der Waals surface area (Å²) in [4.78, 5) is 2.72. The largest absolute Gasteiger partial charge is 0.298 e. The maximum atomic E-state index is 2.72. The third-order valence-electron chi connectivity index (χ3n) is 3.41. The molecule has 1 heteroatoms. The summed E-state index contributed by atoms with van der Waals surface area (Å²) in [6.07, 6.45) is 5.80.